The van der Waals surface area contributed by atoms with E-state index in [4.69, 9.17) is 0 Å². The molecule has 1 atom stereocenters. The number of hydrogen-bond acceptors (Lipinski definition) is 3. The Morgan fingerprint density at radius 3 is 2.85 bits per heavy atom. The zero-order valence-corrected chi connectivity index (χ0v) is 14.4. The van der Waals surface area contributed by atoms with E-state index >= 15 is 0 Å². The molecule has 1 aliphatic heterocycles. The lowest BCUT2D eigenvalue weighted by Gasteiger charge is -2.24. The van der Waals surface area contributed by atoms with E-state index in [1.807, 2.05) is 6.07 Å². The van der Waals surface area contributed by atoms with Gasteiger partial charge in [-0.3, -0.25) is 14.6 Å². The van der Waals surface area contributed by atoms with E-state index in [1.54, 1.807) is 18.2 Å². The smallest absolute Gasteiger partial charge is 0.244 e. The molecule has 2 amide bonds. The Morgan fingerprint density at radius 1 is 1.22 bits per heavy atom. The number of rotatable bonds is 3. The highest BCUT2D eigenvalue weighted by Gasteiger charge is 2.37. The summed E-state index contributed by atoms with van der Waals surface area (Å²) in [5, 5.41) is 2.40. The van der Waals surface area contributed by atoms with Crippen molar-refractivity contribution < 1.29 is 18.4 Å². The molecule has 2 aromatic rings. The molecule has 2 aromatic carbocycles. The molecule has 5 nitrogen and oxygen atoms in total. The van der Waals surface area contributed by atoms with Gasteiger partial charge in [-0.1, -0.05) is 12.1 Å². The summed E-state index contributed by atoms with van der Waals surface area (Å²) in [5.74, 6) is -2.66. The average Bonchev–Trinajstić information content (AvgIpc) is 3.06. The van der Waals surface area contributed by atoms with Gasteiger partial charge >= 0.3 is 0 Å². The first-order valence-corrected chi connectivity index (χ1v) is 8.75. The molecule has 1 aliphatic carbocycles. The number of fused-ring (bicyclic) bond motifs is 2. The molecule has 0 aromatic heterocycles. The van der Waals surface area contributed by atoms with Gasteiger partial charge in [-0.05, 0) is 43.5 Å². The number of anilines is 2. The summed E-state index contributed by atoms with van der Waals surface area (Å²) in [6, 6.07) is 10.1. The maximum absolute atomic E-state index is 13.8. The molecule has 1 N–H and O–H groups in total. The van der Waals surface area contributed by atoms with E-state index in [-0.39, 0.29) is 24.1 Å². The highest BCUT2D eigenvalue weighted by Crippen LogP contribution is 2.37. The first-order valence-electron chi connectivity index (χ1n) is 8.75. The first kappa shape index (κ1) is 17.3. The lowest BCUT2D eigenvalue weighted by molar-refractivity contribution is -0.123. The van der Waals surface area contributed by atoms with Gasteiger partial charge in [-0.2, -0.15) is 0 Å². The fourth-order valence-corrected chi connectivity index (χ4v) is 3.56. The molecule has 1 heterocycles. The van der Waals surface area contributed by atoms with E-state index in [2.05, 4.69) is 10.3 Å². The van der Waals surface area contributed by atoms with Crippen molar-refractivity contribution in [3.63, 3.8) is 0 Å². The van der Waals surface area contributed by atoms with Crippen molar-refractivity contribution in [1.29, 1.82) is 0 Å². The number of nitrogens with one attached hydrogen (secondary N) is 1. The standard InChI is InChI=1S/C20H17F2N3O2/c21-12-8-9-16(14(22)10-12)24-19(26)11-25-18-7-2-1-5-17(18)23-15-6-3-4-13(15)20(25)27/h1-2,5,7-10,13H,3-4,6,11H2,(H,24,26)/t13-/m0/s1. The van der Waals surface area contributed by atoms with E-state index in [9.17, 15) is 18.4 Å². The van der Waals surface area contributed by atoms with Crippen molar-refractivity contribution in [2.45, 2.75) is 19.3 Å². The SMILES string of the molecule is O=C(CN1C(=O)[C@H]2CCCC2=Nc2ccccc21)Nc1ccc(F)cc1F. The minimum Gasteiger partial charge on any atom is -0.322 e. The minimum absolute atomic E-state index is 0.130. The highest BCUT2D eigenvalue weighted by atomic mass is 19.1. The summed E-state index contributed by atoms with van der Waals surface area (Å²) < 4.78 is 26.8. The fraction of sp³-hybridized carbons (Fsp3) is 0.250. The van der Waals surface area contributed by atoms with Crippen LogP contribution in [0.2, 0.25) is 0 Å². The van der Waals surface area contributed by atoms with Crippen LogP contribution in [0.5, 0.6) is 0 Å². The zero-order valence-electron chi connectivity index (χ0n) is 14.4. The lowest BCUT2D eigenvalue weighted by Crippen LogP contribution is -2.42. The average molecular weight is 369 g/mol. The van der Waals surface area contributed by atoms with Crippen LogP contribution >= 0.6 is 0 Å². The molecule has 0 radical (unpaired) electrons. The molecular formula is C20H17F2N3O2. The summed E-state index contributed by atoms with van der Waals surface area (Å²) in [7, 11) is 0. The van der Waals surface area contributed by atoms with Crippen LogP contribution in [0.4, 0.5) is 25.8 Å². The van der Waals surface area contributed by atoms with Crippen molar-refractivity contribution in [3.05, 3.63) is 54.1 Å². The van der Waals surface area contributed by atoms with Gasteiger partial charge in [0.15, 0.2) is 0 Å². The van der Waals surface area contributed by atoms with Crippen LogP contribution in [-0.4, -0.2) is 24.1 Å². The van der Waals surface area contributed by atoms with Gasteiger partial charge in [0.2, 0.25) is 11.8 Å². The highest BCUT2D eigenvalue weighted by molar-refractivity contribution is 6.16. The summed E-state index contributed by atoms with van der Waals surface area (Å²) in [6.45, 7) is -0.272. The number of carbonyl (C=O) groups excluding carboxylic acids is 2. The molecule has 0 bridgehead atoms. The molecule has 27 heavy (non-hydrogen) atoms. The molecule has 1 saturated carbocycles. The molecule has 138 valence electrons. The largest absolute Gasteiger partial charge is 0.322 e. The van der Waals surface area contributed by atoms with Crippen LogP contribution in [0.15, 0.2) is 47.5 Å². The molecule has 0 unspecified atom stereocenters. The molecule has 1 fully saturated rings. The Bertz CT molecular complexity index is 958. The van der Waals surface area contributed by atoms with Gasteiger partial charge in [0.25, 0.3) is 0 Å². The quantitative estimate of drug-likeness (QED) is 0.894. The van der Waals surface area contributed by atoms with Crippen LogP contribution < -0.4 is 10.2 Å². The molecule has 2 aliphatic rings. The summed E-state index contributed by atoms with van der Waals surface area (Å²) in [6.07, 6.45) is 2.36. The Morgan fingerprint density at radius 2 is 2.04 bits per heavy atom. The van der Waals surface area contributed by atoms with Crippen LogP contribution in [0.25, 0.3) is 0 Å². The van der Waals surface area contributed by atoms with Crippen LogP contribution in [0.1, 0.15) is 19.3 Å². The fourth-order valence-electron chi connectivity index (χ4n) is 3.56. The summed E-state index contributed by atoms with van der Waals surface area (Å²) in [4.78, 5) is 31.5. The van der Waals surface area contributed by atoms with Crippen LogP contribution in [0, 0.1) is 17.6 Å². The Balaban J connectivity index is 1.61. The van der Waals surface area contributed by atoms with E-state index in [0.717, 1.165) is 30.7 Å². The Hall–Kier alpha value is -3.09. The number of hydrogen-bond donors (Lipinski definition) is 1. The van der Waals surface area contributed by atoms with E-state index in [1.165, 1.54) is 4.90 Å². The third-order valence-corrected chi connectivity index (χ3v) is 4.84. The maximum atomic E-state index is 13.8. The normalized spacial score (nSPS) is 18.4. The van der Waals surface area contributed by atoms with Crippen LogP contribution in [-0.2, 0) is 9.59 Å². The van der Waals surface area contributed by atoms with Gasteiger partial charge in [0, 0.05) is 11.8 Å². The van der Waals surface area contributed by atoms with Gasteiger partial charge < -0.3 is 10.2 Å². The number of para-hydroxylation sites is 2. The summed E-state index contributed by atoms with van der Waals surface area (Å²) >= 11 is 0. The predicted octanol–water partition coefficient (Wildman–Crippen LogP) is 3.82. The second kappa shape index (κ2) is 6.90. The second-order valence-corrected chi connectivity index (χ2v) is 6.63. The van der Waals surface area contributed by atoms with Crippen molar-refractivity contribution in [2.24, 2.45) is 10.9 Å². The van der Waals surface area contributed by atoms with E-state index < -0.39 is 17.5 Å². The summed E-state index contributed by atoms with van der Waals surface area (Å²) in [5.41, 5.74) is 1.92. The van der Waals surface area contributed by atoms with Crippen molar-refractivity contribution in [3.8, 4) is 0 Å². The topological polar surface area (TPSA) is 61.8 Å². The molecule has 0 spiro atoms. The van der Waals surface area contributed by atoms with Gasteiger partial charge in [0.1, 0.15) is 18.2 Å². The van der Waals surface area contributed by atoms with Crippen molar-refractivity contribution >= 4 is 34.6 Å². The van der Waals surface area contributed by atoms with Gasteiger partial charge in [-0.25, -0.2) is 8.78 Å². The number of halogens is 2. The van der Waals surface area contributed by atoms with E-state index in [0.29, 0.717) is 23.9 Å². The number of aliphatic imine (C=N–C) groups is 1. The molecule has 0 saturated heterocycles. The minimum atomic E-state index is -0.868. The van der Waals surface area contributed by atoms with Crippen LogP contribution in [0.3, 0.4) is 0 Å². The lowest BCUT2D eigenvalue weighted by atomic mass is 10.1. The molecule has 4 rings (SSSR count). The Labute approximate surface area is 154 Å². The number of amides is 2. The monoisotopic (exact) mass is 369 g/mol. The molecular weight excluding hydrogens is 352 g/mol. The second-order valence-electron chi connectivity index (χ2n) is 6.63. The zero-order chi connectivity index (χ0) is 19.0. The van der Waals surface area contributed by atoms with Crippen molar-refractivity contribution in [1.82, 2.24) is 0 Å². The van der Waals surface area contributed by atoms with Gasteiger partial charge in [0.05, 0.1) is 23.0 Å². The van der Waals surface area contributed by atoms with Crippen molar-refractivity contribution in [2.75, 3.05) is 16.8 Å². The Kier molecular flexibility index (Phi) is 4.43. The first-order chi connectivity index (χ1) is 13.0. The number of carbonyl (C=O) groups is 2. The maximum Gasteiger partial charge on any atom is 0.244 e. The van der Waals surface area contributed by atoms with Gasteiger partial charge in [-0.15, -0.1) is 0 Å². The predicted molar refractivity (Wildman–Crippen MR) is 98.2 cm³/mol. The molecule has 7 heteroatoms. The third-order valence-electron chi connectivity index (χ3n) is 4.84. The number of nitrogens with zero attached hydrogens (tertiary/aromatic N) is 2. The third kappa shape index (κ3) is 3.32. The number of benzene rings is 2.